The van der Waals surface area contributed by atoms with Crippen molar-refractivity contribution in [3.05, 3.63) is 50.7 Å². The van der Waals surface area contributed by atoms with E-state index in [4.69, 9.17) is 4.74 Å². The first kappa shape index (κ1) is 21.9. The maximum Gasteiger partial charge on any atom is 0.335 e. The van der Waals surface area contributed by atoms with E-state index in [2.05, 4.69) is 22.4 Å². The molecule has 1 aromatic carbocycles. The monoisotopic (exact) mass is 402 g/mol. The van der Waals surface area contributed by atoms with Crippen LogP contribution in [0.25, 0.3) is 5.69 Å². The number of carbonyl (C=O) groups excluding carboxylic acids is 1. The zero-order valence-electron chi connectivity index (χ0n) is 16.8. The van der Waals surface area contributed by atoms with Crippen LogP contribution in [0.3, 0.4) is 0 Å². The first-order valence-corrected chi connectivity index (χ1v) is 9.45. The first-order chi connectivity index (χ1) is 13.9. The van der Waals surface area contributed by atoms with Crippen LogP contribution < -0.4 is 21.4 Å². The molecule has 2 aromatic rings. The molecule has 0 unspecified atom stereocenters. The van der Waals surface area contributed by atoms with Crippen LogP contribution in [-0.2, 0) is 4.79 Å². The normalized spacial score (nSPS) is 11.3. The number of benzene rings is 1. The molecule has 0 saturated heterocycles. The highest BCUT2D eigenvalue weighted by Crippen LogP contribution is 2.19. The van der Waals surface area contributed by atoms with Crippen molar-refractivity contribution >= 4 is 11.6 Å². The van der Waals surface area contributed by atoms with E-state index in [1.165, 1.54) is 14.0 Å². The number of hydrazone groups is 1. The molecule has 0 spiro atoms. The fourth-order valence-electron chi connectivity index (χ4n) is 2.79. The van der Waals surface area contributed by atoms with Crippen LogP contribution in [0.15, 0.2) is 39.0 Å². The van der Waals surface area contributed by atoms with Gasteiger partial charge in [-0.15, -0.1) is 0 Å². The predicted molar refractivity (Wildman–Crippen MR) is 110 cm³/mol. The summed E-state index contributed by atoms with van der Waals surface area (Å²) in [6.07, 6.45) is 4.17. The average Bonchev–Trinajstić information content (AvgIpc) is 2.69. The van der Waals surface area contributed by atoms with Crippen molar-refractivity contribution in [2.24, 2.45) is 5.10 Å². The minimum absolute atomic E-state index is 0.0768. The molecule has 1 aromatic heterocycles. The van der Waals surface area contributed by atoms with Crippen LogP contribution in [0.1, 0.15) is 51.5 Å². The standard InChI is InChI=1S/C20H26N4O5/c1-4-5-6-7-8-16(25)23-22-13(2)17-18(26)21-20(28)24(19(17)27)14-9-11-15(29-3)12-10-14/h9-12,27H,4-8H2,1-3H3,(H,23,25)(H,21,26,28)/b22-13+. The summed E-state index contributed by atoms with van der Waals surface area (Å²) in [5.41, 5.74) is 0.996. The maximum absolute atomic E-state index is 12.2. The number of nitrogens with one attached hydrogen (secondary N) is 2. The van der Waals surface area contributed by atoms with E-state index in [0.717, 1.165) is 30.3 Å². The summed E-state index contributed by atoms with van der Waals surface area (Å²) in [6.45, 7) is 3.55. The molecule has 0 aliphatic carbocycles. The molecule has 0 radical (unpaired) electrons. The molecule has 0 saturated carbocycles. The van der Waals surface area contributed by atoms with E-state index < -0.39 is 17.1 Å². The van der Waals surface area contributed by atoms with Gasteiger partial charge in [0, 0.05) is 6.42 Å². The Bertz CT molecular complexity index is 989. The molecule has 29 heavy (non-hydrogen) atoms. The Morgan fingerprint density at radius 2 is 1.90 bits per heavy atom. The molecular formula is C20H26N4O5. The van der Waals surface area contributed by atoms with Gasteiger partial charge in [0.15, 0.2) is 0 Å². The Labute approximate surface area is 168 Å². The van der Waals surface area contributed by atoms with Crippen LogP contribution in [0.2, 0.25) is 0 Å². The molecule has 9 heteroatoms. The lowest BCUT2D eigenvalue weighted by Crippen LogP contribution is -2.33. The van der Waals surface area contributed by atoms with Crippen molar-refractivity contribution in [2.75, 3.05) is 7.11 Å². The number of carbonyl (C=O) groups is 1. The van der Waals surface area contributed by atoms with Crippen molar-refractivity contribution in [3.63, 3.8) is 0 Å². The van der Waals surface area contributed by atoms with Gasteiger partial charge in [-0.25, -0.2) is 14.8 Å². The van der Waals surface area contributed by atoms with Gasteiger partial charge < -0.3 is 9.84 Å². The number of H-pyrrole nitrogens is 1. The molecule has 1 amide bonds. The van der Waals surface area contributed by atoms with Crippen molar-refractivity contribution < 1.29 is 14.6 Å². The van der Waals surface area contributed by atoms with Crippen LogP contribution in [0.4, 0.5) is 0 Å². The number of amides is 1. The molecule has 1 heterocycles. The zero-order chi connectivity index (χ0) is 21.4. The number of hydrogen-bond donors (Lipinski definition) is 3. The second kappa shape index (κ2) is 10.3. The number of aromatic amines is 1. The van der Waals surface area contributed by atoms with E-state index in [-0.39, 0.29) is 17.2 Å². The largest absolute Gasteiger partial charge is 0.497 e. The second-order valence-corrected chi connectivity index (χ2v) is 6.53. The van der Waals surface area contributed by atoms with Gasteiger partial charge in [0.05, 0.1) is 18.5 Å². The highest BCUT2D eigenvalue weighted by molar-refractivity contribution is 6.00. The van der Waals surface area contributed by atoms with E-state index in [1.807, 2.05) is 0 Å². The third-order valence-corrected chi connectivity index (χ3v) is 4.38. The highest BCUT2D eigenvalue weighted by atomic mass is 16.5. The molecule has 0 fully saturated rings. The smallest absolute Gasteiger partial charge is 0.335 e. The number of aromatic nitrogens is 2. The first-order valence-electron chi connectivity index (χ1n) is 9.45. The van der Waals surface area contributed by atoms with E-state index in [0.29, 0.717) is 17.9 Å². The van der Waals surface area contributed by atoms with Crippen molar-refractivity contribution in [1.82, 2.24) is 15.0 Å². The molecule has 9 nitrogen and oxygen atoms in total. The van der Waals surface area contributed by atoms with E-state index in [1.54, 1.807) is 24.3 Å². The van der Waals surface area contributed by atoms with Gasteiger partial charge in [0.2, 0.25) is 11.8 Å². The Morgan fingerprint density at radius 1 is 1.21 bits per heavy atom. The Morgan fingerprint density at radius 3 is 2.52 bits per heavy atom. The van der Waals surface area contributed by atoms with Gasteiger partial charge in [0.25, 0.3) is 5.56 Å². The van der Waals surface area contributed by atoms with Crippen molar-refractivity contribution in [3.8, 4) is 17.3 Å². The lowest BCUT2D eigenvalue weighted by atomic mass is 10.1. The summed E-state index contributed by atoms with van der Waals surface area (Å²) < 4.78 is 6.02. The average molecular weight is 402 g/mol. The van der Waals surface area contributed by atoms with Gasteiger partial charge in [0.1, 0.15) is 11.3 Å². The van der Waals surface area contributed by atoms with Gasteiger partial charge >= 0.3 is 5.69 Å². The van der Waals surface area contributed by atoms with Crippen molar-refractivity contribution in [1.29, 1.82) is 0 Å². The molecule has 156 valence electrons. The molecule has 3 N–H and O–H groups in total. The number of unbranched alkanes of at least 4 members (excludes halogenated alkanes) is 3. The summed E-state index contributed by atoms with van der Waals surface area (Å²) in [5.74, 6) is -0.271. The van der Waals surface area contributed by atoms with Crippen LogP contribution in [-0.4, -0.2) is 33.4 Å². The summed E-state index contributed by atoms with van der Waals surface area (Å²) >= 11 is 0. The van der Waals surface area contributed by atoms with Gasteiger partial charge in [-0.05, 0) is 37.6 Å². The topological polar surface area (TPSA) is 126 Å². The summed E-state index contributed by atoms with van der Waals surface area (Å²) in [7, 11) is 1.51. The number of ether oxygens (including phenoxy) is 1. The summed E-state index contributed by atoms with van der Waals surface area (Å²) in [4.78, 5) is 38.5. The highest BCUT2D eigenvalue weighted by Gasteiger charge is 2.18. The fraction of sp³-hybridized carbons (Fsp3) is 0.400. The summed E-state index contributed by atoms with van der Waals surface area (Å²) in [5, 5.41) is 14.5. The number of hydrogen-bond acceptors (Lipinski definition) is 6. The molecular weight excluding hydrogens is 376 g/mol. The summed E-state index contributed by atoms with van der Waals surface area (Å²) in [6, 6.07) is 6.36. The SMILES string of the molecule is CCCCCCC(=O)N/N=C(\C)c1c(O)n(-c2ccc(OC)cc2)c(=O)[nH]c1=O. The molecule has 0 bridgehead atoms. The second-order valence-electron chi connectivity index (χ2n) is 6.53. The van der Waals surface area contributed by atoms with Crippen molar-refractivity contribution in [2.45, 2.75) is 46.0 Å². The minimum atomic E-state index is -0.797. The van der Waals surface area contributed by atoms with Crippen LogP contribution in [0, 0.1) is 0 Å². The molecule has 0 aliphatic heterocycles. The fourth-order valence-corrected chi connectivity index (χ4v) is 2.79. The lowest BCUT2D eigenvalue weighted by Gasteiger charge is -2.12. The number of methoxy groups -OCH3 is 1. The predicted octanol–water partition coefficient (Wildman–Crippen LogP) is 2.05. The number of aromatic hydroxyl groups is 1. The third-order valence-electron chi connectivity index (χ3n) is 4.38. The van der Waals surface area contributed by atoms with Gasteiger partial charge in [-0.2, -0.15) is 5.10 Å². The molecule has 2 rings (SSSR count). The molecule has 0 atom stereocenters. The lowest BCUT2D eigenvalue weighted by molar-refractivity contribution is -0.121. The van der Waals surface area contributed by atoms with Crippen LogP contribution in [0.5, 0.6) is 11.6 Å². The van der Waals surface area contributed by atoms with E-state index >= 15 is 0 Å². The van der Waals surface area contributed by atoms with Crippen LogP contribution >= 0.6 is 0 Å². The van der Waals surface area contributed by atoms with E-state index in [9.17, 15) is 19.5 Å². The number of nitrogens with zero attached hydrogens (tertiary/aromatic N) is 2. The Kier molecular flexibility index (Phi) is 7.76. The van der Waals surface area contributed by atoms with Gasteiger partial charge in [-0.1, -0.05) is 26.2 Å². The Balaban J connectivity index is 2.29. The quantitative estimate of drug-likeness (QED) is 0.336. The number of rotatable bonds is 9. The Hall–Kier alpha value is -3.36. The minimum Gasteiger partial charge on any atom is -0.497 e. The zero-order valence-corrected chi connectivity index (χ0v) is 16.8. The van der Waals surface area contributed by atoms with Gasteiger partial charge in [-0.3, -0.25) is 14.6 Å². The molecule has 0 aliphatic rings. The third kappa shape index (κ3) is 5.56. The maximum atomic E-state index is 12.2.